The van der Waals surface area contributed by atoms with Crippen molar-refractivity contribution < 1.29 is 44.8 Å². The number of carbonyl (C=O) groups is 1. The summed E-state index contributed by atoms with van der Waals surface area (Å²) in [6.45, 7) is 5.76. The number of carbonyl (C=O) groups excluding carboxylic acids is 1. The molecule has 0 spiro atoms. The first kappa shape index (κ1) is 22.9. The van der Waals surface area contributed by atoms with Crippen LogP contribution in [-0.2, 0) is 19.6 Å². The van der Waals surface area contributed by atoms with E-state index in [4.69, 9.17) is 4.74 Å². The van der Waals surface area contributed by atoms with E-state index in [0.717, 1.165) is 12.1 Å². The molecule has 6 nitrogen and oxygen atoms in total. The Kier molecular flexibility index (Phi) is 5.88. The molecule has 0 amide bonds. The number of hydrogen-bond donors (Lipinski definition) is 0. The van der Waals surface area contributed by atoms with Gasteiger partial charge in [0.2, 0.25) is 0 Å². The van der Waals surface area contributed by atoms with Crippen LogP contribution in [-0.4, -0.2) is 25.5 Å². The van der Waals surface area contributed by atoms with Crippen LogP contribution in [0.2, 0.25) is 0 Å². The maximum atomic E-state index is 13.8. The van der Waals surface area contributed by atoms with Crippen molar-refractivity contribution in [1.82, 2.24) is 0 Å². The van der Waals surface area contributed by atoms with Crippen molar-refractivity contribution in [3.8, 4) is 5.75 Å². The average molecular weight is 437 g/mol. The molecule has 0 saturated carbocycles. The molecule has 0 aliphatic rings. The first-order chi connectivity index (χ1) is 13.0. The van der Waals surface area contributed by atoms with Gasteiger partial charge in [-0.3, -0.25) is 0 Å². The number of aryl methyl sites for hydroxylation is 1. The molecule has 11 heteroatoms. The van der Waals surface area contributed by atoms with E-state index in [1.807, 2.05) is 0 Å². The smallest absolute Gasteiger partial charge is 0.534 e. The highest BCUT2D eigenvalue weighted by Crippen LogP contribution is 2.41. The topological polar surface area (TPSA) is 92.7 Å². The number of rotatable bonds is 5. The Bertz CT molecular complexity index is 1050. The fraction of sp³-hybridized carbons (Fsp3) is 0.389. The minimum Gasteiger partial charge on any atom is -0.547 e. The lowest BCUT2D eigenvalue weighted by molar-refractivity contribution is -0.321. The minimum atomic E-state index is -6.19. The summed E-state index contributed by atoms with van der Waals surface area (Å²) < 4.78 is 85.5. The molecule has 0 N–H and O–H groups in total. The van der Waals surface area contributed by atoms with E-state index in [1.54, 1.807) is 0 Å². The number of halogens is 4. The predicted octanol–water partition coefficient (Wildman–Crippen LogP) is 3.12. The van der Waals surface area contributed by atoms with E-state index >= 15 is 0 Å². The van der Waals surface area contributed by atoms with E-state index in [-0.39, 0.29) is 16.3 Å². The molecule has 2 aromatic rings. The van der Waals surface area contributed by atoms with Crippen molar-refractivity contribution in [2.75, 3.05) is 0 Å². The molecule has 0 bridgehead atoms. The maximum absolute atomic E-state index is 13.8. The summed E-state index contributed by atoms with van der Waals surface area (Å²) in [5.41, 5.74) is -7.37. The predicted molar refractivity (Wildman–Crippen MR) is 92.8 cm³/mol. The molecule has 2 rings (SSSR count). The summed E-state index contributed by atoms with van der Waals surface area (Å²) in [5, 5.41) is 11.5. The van der Waals surface area contributed by atoms with Crippen LogP contribution in [0, 0.1) is 12.7 Å². The second-order valence-corrected chi connectivity index (χ2v) is 8.75. The third-order valence-corrected chi connectivity index (χ3v) is 4.68. The van der Waals surface area contributed by atoms with Gasteiger partial charge in [-0.05, 0) is 50.8 Å². The van der Waals surface area contributed by atoms with Crippen LogP contribution in [0.1, 0.15) is 38.0 Å². The van der Waals surface area contributed by atoms with Gasteiger partial charge in [0.15, 0.2) is 5.75 Å². The third kappa shape index (κ3) is 4.96. The summed E-state index contributed by atoms with van der Waals surface area (Å²) in [6.07, 6.45) is -1.99. The Morgan fingerprint density at radius 1 is 1.14 bits per heavy atom. The molecular weight excluding hydrogens is 420 g/mol. The van der Waals surface area contributed by atoms with Gasteiger partial charge in [-0.25, -0.2) is 4.39 Å². The molecule has 0 aliphatic carbocycles. The SMILES string of the molecule is Cc1cc2ccc(F)cc2c(OS(=O)(=O)C(F)(F)F)c1C(OC(C)(C)C)C(=O)[O-]. The fourth-order valence-electron chi connectivity index (χ4n) is 2.64. The van der Waals surface area contributed by atoms with Crippen LogP contribution in [0.25, 0.3) is 10.8 Å². The highest BCUT2D eigenvalue weighted by atomic mass is 32.2. The largest absolute Gasteiger partial charge is 0.547 e. The maximum Gasteiger partial charge on any atom is 0.534 e. The highest BCUT2D eigenvalue weighted by Gasteiger charge is 2.49. The van der Waals surface area contributed by atoms with Crippen LogP contribution >= 0.6 is 0 Å². The van der Waals surface area contributed by atoms with Gasteiger partial charge >= 0.3 is 15.6 Å². The Morgan fingerprint density at radius 3 is 2.21 bits per heavy atom. The summed E-state index contributed by atoms with van der Waals surface area (Å²) in [6, 6.07) is 4.28. The van der Waals surface area contributed by atoms with Gasteiger partial charge in [0, 0.05) is 10.9 Å². The lowest BCUT2D eigenvalue weighted by Crippen LogP contribution is -2.37. The van der Waals surface area contributed by atoms with Crippen molar-refractivity contribution in [3.05, 3.63) is 41.2 Å². The molecule has 29 heavy (non-hydrogen) atoms. The highest BCUT2D eigenvalue weighted by molar-refractivity contribution is 7.88. The Balaban J connectivity index is 2.90. The number of fused-ring (bicyclic) bond motifs is 1. The molecule has 1 unspecified atom stereocenters. The third-order valence-electron chi connectivity index (χ3n) is 3.73. The van der Waals surface area contributed by atoms with Gasteiger partial charge in [-0.15, -0.1) is 0 Å². The van der Waals surface area contributed by atoms with Gasteiger partial charge in [-0.2, -0.15) is 21.6 Å². The number of carboxylic acid groups (broad SMARTS) is 1. The van der Waals surface area contributed by atoms with Crippen LogP contribution < -0.4 is 9.29 Å². The number of benzene rings is 2. The summed E-state index contributed by atoms with van der Waals surface area (Å²) in [7, 11) is -6.19. The number of aliphatic carboxylic acids is 1. The number of hydrogen-bond acceptors (Lipinski definition) is 6. The second-order valence-electron chi connectivity index (χ2n) is 7.21. The lowest BCUT2D eigenvalue weighted by atomic mass is 9.95. The van der Waals surface area contributed by atoms with Crippen molar-refractivity contribution in [3.63, 3.8) is 0 Å². The normalized spacial score (nSPS) is 14.1. The Morgan fingerprint density at radius 2 is 1.72 bits per heavy atom. The van der Waals surface area contributed by atoms with E-state index in [0.29, 0.717) is 0 Å². The molecular formula is C18H17F4O6S-. The van der Waals surface area contributed by atoms with Crippen molar-refractivity contribution in [2.45, 2.75) is 44.9 Å². The Labute approximate surface area is 164 Å². The first-order valence-electron chi connectivity index (χ1n) is 8.15. The van der Waals surface area contributed by atoms with Crippen LogP contribution in [0.4, 0.5) is 17.6 Å². The molecule has 0 aromatic heterocycles. The van der Waals surface area contributed by atoms with Crippen molar-refractivity contribution in [2.24, 2.45) is 0 Å². The molecule has 0 fully saturated rings. The number of alkyl halides is 3. The molecule has 160 valence electrons. The van der Waals surface area contributed by atoms with E-state index in [1.165, 1.54) is 39.8 Å². The molecule has 0 radical (unpaired) electrons. The summed E-state index contributed by atoms with van der Waals surface area (Å²) >= 11 is 0. The lowest BCUT2D eigenvalue weighted by Gasteiger charge is -2.31. The molecule has 0 heterocycles. The quantitative estimate of drug-likeness (QED) is 0.406. The van der Waals surface area contributed by atoms with Crippen molar-refractivity contribution >= 4 is 26.9 Å². The van der Waals surface area contributed by atoms with Gasteiger partial charge < -0.3 is 18.8 Å². The molecule has 0 aliphatic heterocycles. The zero-order valence-electron chi connectivity index (χ0n) is 15.8. The molecule has 0 saturated heterocycles. The molecule has 1 atom stereocenters. The van der Waals surface area contributed by atoms with E-state index in [2.05, 4.69) is 4.18 Å². The van der Waals surface area contributed by atoms with Gasteiger partial charge in [-0.1, -0.05) is 12.1 Å². The monoisotopic (exact) mass is 437 g/mol. The van der Waals surface area contributed by atoms with Crippen LogP contribution in [0.3, 0.4) is 0 Å². The Hall–Kier alpha value is -2.40. The van der Waals surface area contributed by atoms with Gasteiger partial charge in [0.05, 0.1) is 11.6 Å². The van der Waals surface area contributed by atoms with E-state index in [9.17, 15) is 35.9 Å². The molecule has 2 aromatic carbocycles. The summed E-state index contributed by atoms with van der Waals surface area (Å²) in [4.78, 5) is 11.7. The zero-order valence-corrected chi connectivity index (χ0v) is 16.6. The van der Waals surface area contributed by atoms with Gasteiger partial charge in [0.25, 0.3) is 0 Å². The fourth-order valence-corrected chi connectivity index (χ4v) is 3.13. The van der Waals surface area contributed by atoms with Crippen molar-refractivity contribution in [1.29, 1.82) is 0 Å². The zero-order chi connectivity index (χ0) is 22.4. The van der Waals surface area contributed by atoms with Crippen LogP contribution in [0.15, 0.2) is 24.3 Å². The van der Waals surface area contributed by atoms with E-state index < -0.39 is 50.4 Å². The second kappa shape index (κ2) is 7.45. The summed E-state index contributed by atoms with van der Waals surface area (Å²) in [5.74, 6) is -3.73. The average Bonchev–Trinajstić information content (AvgIpc) is 2.51. The number of carboxylic acids is 1. The standard InChI is InChI=1S/C18H18F4O6S/c1-9-7-10-5-6-11(19)8-12(10)14(28-29(25,26)18(20,21)22)13(9)15(16(23)24)27-17(2,3)4/h5-8,15H,1-4H3,(H,23,24)/p-1. The van der Waals surface area contributed by atoms with Gasteiger partial charge in [0.1, 0.15) is 11.9 Å². The van der Waals surface area contributed by atoms with Crippen LogP contribution in [0.5, 0.6) is 5.75 Å². The number of ether oxygens (including phenoxy) is 1. The first-order valence-corrected chi connectivity index (χ1v) is 9.56. The minimum absolute atomic E-state index is 0.0509.